The van der Waals surface area contributed by atoms with E-state index in [1.807, 2.05) is 6.07 Å². The van der Waals surface area contributed by atoms with E-state index in [9.17, 15) is 18.0 Å². The zero-order valence-corrected chi connectivity index (χ0v) is 14.1. The second kappa shape index (κ2) is 6.15. The van der Waals surface area contributed by atoms with Crippen LogP contribution >= 0.6 is 0 Å². The number of halogens is 3. The highest BCUT2D eigenvalue weighted by atomic mass is 19.4. The second-order valence-corrected chi connectivity index (χ2v) is 6.06. The molecular formula is C17H14F3N5O2. The van der Waals surface area contributed by atoms with Gasteiger partial charge < -0.3 is 15.0 Å². The average Bonchev–Trinajstić information content (AvgIpc) is 3.32. The summed E-state index contributed by atoms with van der Waals surface area (Å²) in [6.45, 7) is 1.78. The molecule has 4 rings (SSSR count). The van der Waals surface area contributed by atoms with Crippen molar-refractivity contribution in [2.45, 2.75) is 19.5 Å². The summed E-state index contributed by atoms with van der Waals surface area (Å²) >= 11 is 0. The van der Waals surface area contributed by atoms with Crippen molar-refractivity contribution in [1.29, 1.82) is 0 Å². The first-order valence-corrected chi connectivity index (χ1v) is 8.08. The van der Waals surface area contributed by atoms with Gasteiger partial charge in [-0.3, -0.25) is 9.89 Å². The first-order chi connectivity index (χ1) is 12.8. The summed E-state index contributed by atoms with van der Waals surface area (Å²) < 4.78 is 44.4. The van der Waals surface area contributed by atoms with Crippen LogP contribution in [0.5, 0.6) is 5.75 Å². The van der Waals surface area contributed by atoms with Crippen molar-refractivity contribution in [2.75, 3.05) is 11.9 Å². The van der Waals surface area contributed by atoms with E-state index in [-0.39, 0.29) is 22.9 Å². The van der Waals surface area contributed by atoms with E-state index in [0.29, 0.717) is 17.9 Å². The average molecular weight is 377 g/mol. The summed E-state index contributed by atoms with van der Waals surface area (Å²) in [5.74, 6) is 0.00568. The fourth-order valence-electron chi connectivity index (χ4n) is 3.00. The van der Waals surface area contributed by atoms with Crippen LogP contribution in [0.2, 0.25) is 0 Å². The van der Waals surface area contributed by atoms with Gasteiger partial charge in [0.25, 0.3) is 5.91 Å². The number of amides is 1. The smallest absolute Gasteiger partial charge is 0.435 e. The standard InChI is InChI=1S/C17H14F3N5O2/c1-8-14(17(18,19)20)24-15(22-8)12-11(7-21-25-12)23-16(26)10-4-2-3-9-5-6-27-13(9)10/h2-4,7H,5-6H2,1H3,(H,21,25)(H,22,24)(H,23,26). The Bertz CT molecular complexity index is 1020. The van der Waals surface area contributed by atoms with Gasteiger partial charge in [-0.15, -0.1) is 0 Å². The molecule has 0 fully saturated rings. The number of anilines is 1. The number of nitrogens with zero attached hydrogens (tertiary/aromatic N) is 2. The number of hydrogen-bond acceptors (Lipinski definition) is 4. The van der Waals surface area contributed by atoms with Crippen LogP contribution < -0.4 is 10.1 Å². The number of imidazole rings is 1. The highest BCUT2D eigenvalue weighted by molar-refractivity contribution is 6.07. The van der Waals surface area contributed by atoms with Crippen LogP contribution in [0.3, 0.4) is 0 Å². The molecular weight excluding hydrogens is 363 g/mol. The van der Waals surface area contributed by atoms with Crippen molar-refractivity contribution in [2.24, 2.45) is 0 Å². The molecule has 10 heteroatoms. The zero-order valence-electron chi connectivity index (χ0n) is 14.1. The molecule has 3 aromatic rings. The van der Waals surface area contributed by atoms with Crippen molar-refractivity contribution in [1.82, 2.24) is 20.2 Å². The molecule has 0 unspecified atom stereocenters. The van der Waals surface area contributed by atoms with Gasteiger partial charge in [-0.05, 0) is 18.6 Å². The molecule has 1 aliphatic rings. The summed E-state index contributed by atoms with van der Waals surface area (Å²) in [5, 5.41) is 9.02. The number of alkyl halides is 3. The molecule has 0 saturated heterocycles. The number of nitrogens with one attached hydrogen (secondary N) is 3. The Balaban J connectivity index is 1.64. The highest BCUT2D eigenvalue weighted by Gasteiger charge is 2.36. The molecule has 140 valence electrons. The Morgan fingerprint density at radius 2 is 2.15 bits per heavy atom. The number of aryl methyl sites for hydroxylation is 1. The molecule has 3 heterocycles. The molecule has 0 aliphatic carbocycles. The number of fused-ring (bicyclic) bond motifs is 1. The summed E-state index contributed by atoms with van der Waals surface area (Å²) in [4.78, 5) is 18.8. The maximum Gasteiger partial charge on any atom is 0.435 e. The van der Waals surface area contributed by atoms with Crippen molar-refractivity contribution in [3.63, 3.8) is 0 Å². The summed E-state index contributed by atoms with van der Waals surface area (Å²) in [5.41, 5.74) is 0.501. The number of ether oxygens (including phenoxy) is 1. The van der Waals surface area contributed by atoms with Crippen LogP contribution in [0, 0.1) is 6.92 Å². The van der Waals surface area contributed by atoms with Gasteiger partial charge in [-0.1, -0.05) is 12.1 Å². The molecule has 3 N–H and O–H groups in total. The molecule has 1 amide bonds. The highest BCUT2D eigenvalue weighted by Crippen LogP contribution is 2.34. The Labute approximate surface area is 151 Å². The third-order valence-electron chi connectivity index (χ3n) is 4.24. The van der Waals surface area contributed by atoms with Gasteiger partial charge in [0.15, 0.2) is 11.5 Å². The van der Waals surface area contributed by atoms with E-state index < -0.39 is 17.8 Å². The number of carbonyl (C=O) groups is 1. The third kappa shape index (κ3) is 3.03. The number of para-hydroxylation sites is 1. The van der Waals surface area contributed by atoms with E-state index in [1.165, 1.54) is 13.1 Å². The fourth-order valence-corrected chi connectivity index (χ4v) is 3.00. The molecule has 0 bridgehead atoms. The molecule has 27 heavy (non-hydrogen) atoms. The van der Waals surface area contributed by atoms with E-state index in [0.717, 1.165) is 12.0 Å². The number of rotatable bonds is 3. The van der Waals surface area contributed by atoms with Gasteiger partial charge in [-0.25, -0.2) is 4.98 Å². The molecule has 0 radical (unpaired) electrons. The van der Waals surface area contributed by atoms with Crippen LogP contribution in [0.25, 0.3) is 11.5 Å². The first kappa shape index (κ1) is 17.1. The lowest BCUT2D eigenvalue weighted by Crippen LogP contribution is -2.13. The number of aromatic amines is 2. The topological polar surface area (TPSA) is 95.7 Å². The molecule has 0 spiro atoms. The number of benzene rings is 1. The van der Waals surface area contributed by atoms with Gasteiger partial charge in [-0.2, -0.15) is 18.3 Å². The van der Waals surface area contributed by atoms with Crippen LogP contribution in [-0.2, 0) is 12.6 Å². The zero-order chi connectivity index (χ0) is 19.2. The van der Waals surface area contributed by atoms with Gasteiger partial charge in [0.2, 0.25) is 0 Å². The maximum absolute atomic E-state index is 13.0. The van der Waals surface area contributed by atoms with E-state index >= 15 is 0 Å². The predicted molar refractivity (Wildman–Crippen MR) is 89.5 cm³/mol. The number of H-pyrrole nitrogens is 2. The van der Waals surface area contributed by atoms with Gasteiger partial charge >= 0.3 is 6.18 Å². The first-order valence-electron chi connectivity index (χ1n) is 8.08. The third-order valence-corrected chi connectivity index (χ3v) is 4.24. The number of aromatic nitrogens is 4. The lowest BCUT2D eigenvalue weighted by Gasteiger charge is -2.08. The normalized spacial score (nSPS) is 13.3. The Morgan fingerprint density at radius 3 is 2.89 bits per heavy atom. The fraction of sp³-hybridized carbons (Fsp3) is 0.235. The molecule has 1 aromatic carbocycles. The van der Waals surface area contributed by atoms with Crippen LogP contribution in [0.4, 0.5) is 18.9 Å². The summed E-state index contributed by atoms with van der Waals surface area (Å²) in [6.07, 6.45) is -2.55. The maximum atomic E-state index is 13.0. The van der Waals surface area contributed by atoms with Gasteiger partial charge in [0.05, 0.1) is 24.1 Å². The van der Waals surface area contributed by atoms with Gasteiger partial charge in [0.1, 0.15) is 11.4 Å². The van der Waals surface area contributed by atoms with E-state index in [1.54, 1.807) is 12.1 Å². The Kier molecular flexibility index (Phi) is 3.90. The van der Waals surface area contributed by atoms with Crippen molar-refractivity contribution < 1.29 is 22.7 Å². The predicted octanol–water partition coefficient (Wildman–Crippen LogP) is 3.31. The Morgan fingerprint density at radius 1 is 1.33 bits per heavy atom. The lowest BCUT2D eigenvalue weighted by molar-refractivity contribution is -0.141. The van der Waals surface area contributed by atoms with Crippen LogP contribution in [-0.4, -0.2) is 32.7 Å². The van der Waals surface area contributed by atoms with Crippen molar-refractivity contribution in [3.8, 4) is 17.3 Å². The molecule has 2 aromatic heterocycles. The largest absolute Gasteiger partial charge is 0.492 e. The minimum Gasteiger partial charge on any atom is -0.492 e. The number of hydrogen-bond donors (Lipinski definition) is 3. The van der Waals surface area contributed by atoms with Crippen LogP contribution in [0.1, 0.15) is 27.3 Å². The summed E-state index contributed by atoms with van der Waals surface area (Å²) in [7, 11) is 0. The molecule has 1 aliphatic heterocycles. The molecule has 0 saturated carbocycles. The number of carbonyl (C=O) groups excluding carboxylic acids is 1. The van der Waals surface area contributed by atoms with E-state index in [4.69, 9.17) is 4.74 Å². The monoisotopic (exact) mass is 377 g/mol. The minimum atomic E-state index is -4.58. The summed E-state index contributed by atoms with van der Waals surface area (Å²) in [6, 6.07) is 5.26. The minimum absolute atomic E-state index is 0.0674. The van der Waals surface area contributed by atoms with E-state index in [2.05, 4.69) is 25.5 Å². The van der Waals surface area contributed by atoms with Crippen LogP contribution in [0.15, 0.2) is 24.4 Å². The van der Waals surface area contributed by atoms with Crippen molar-refractivity contribution in [3.05, 3.63) is 46.9 Å². The molecule has 7 nitrogen and oxygen atoms in total. The SMILES string of the molecule is Cc1[nH]c(-c2[nH]ncc2NC(=O)c2cccc3c2OCC3)nc1C(F)(F)F. The Hall–Kier alpha value is -3.30. The quantitative estimate of drug-likeness (QED) is 0.653. The second-order valence-electron chi connectivity index (χ2n) is 6.06. The lowest BCUT2D eigenvalue weighted by atomic mass is 10.1. The van der Waals surface area contributed by atoms with Crippen molar-refractivity contribution >= 4 is 11.6 Å². The van der Waals surface area contributed by atoms with Gasteiger partial charge in [0, 0.05) is 12.1 Å². The molecule has 0 atom stereocenters.